The van der Waals surface area contributed by atoms with Crippen molar-refractivity contribution in [1.29, 1.82) is 0 Å². The van der Waals surface area contributed by atoms with E-state index in [1.165, 1.54) is 0 Å². The molecule has 0 unspecified atom stereocenters. The summed E-state index contributed by atoms with van der Waals surface area (Å²) < 4.78 is 0. The molecule has 0 aromatic heterocycles. The van der Waals surface area contributed by atoms with E-state index in [9.17, 15) is 4.79 Å². The van der Waals surface area contributed by atoms with E-state index in [2.05, 4.69) is 6.92 Å². The normalized spacial score (nSPS) is 17.1. The van der Waals surface area contributed by atoms with Crippen molar-refractivity contribution in [3.63, 3.8) is 0 Å². The van der Waals surface area contributed by atoms with Gasteiger partial charge in [-0.25, -0.2) is 0 Å². The molecule has 4 heteroatoms. The summed E-state index contributed by atoms with van der Waals surface area (Å²) in [7, 11) is 0. The molecule has 1 heterocycles. The highest BCUT2D eigenvalue weighted by Crippen LogP contribution is 2.23. The van der Waals surface area contributed by atoms with E-state index in [0.29, 0.717) is 10.0 Å². The van der Waals surface area contributed by atoms with E-state index in [4.69, 9.17) is 23.2 Å². The van der Waals surface area contributed by atoms with Crippen LogP contribution in [0.5, 0.6) is 0 Å². The lowest BCUT2D eigenvalue weighted by Crippen LogP contribution is -2.36. The fourth-order valence-electron chi connectivity index (χ4n) is 2.12. The van der Waals surface area contributed by atoms with Crippen molar-refractivity contribution in [2.75, 3.05) is 13.1 Å². The molecule has 1 aromatic rings. The first-order valence-electron chi connectivity index (χ1n) is 6.48. The fraction of sp³-hybridized carbons (Fsp3) is 0.400. The van der Waals surface area contributed by atoms with Gasteiger partial charge < -0.3 is 4.90 Å². The minimum atomic E-state index is 0.0676. The monoisotopic (exact) mass is 297 g/mol. The molecule has 1 amide bonds. The zero-order chi connectivity index (χ0) is 13.8. The molecule has 1 aliphatic rings. The van der Waals surface area contributed by atoms with Crippen molar-refractivity contribution in [3.05, 3.63) is 39.9 Å². The van der Waals surface area contributed by atoms with Gasteiger partial charge in [-0.3, -0.25) is 4.79 Å². The average Bonchev–Trinajstić information content (AvgIpc) is 2.40. The Kier molecular flexibility index (Phi) is 4.89. The van der Waals surface area contributed by atoms with Crippen LogP contribution in [0.2, 0.25) is 10.0 Å². The topological polar surface area (TPSA) is 20.3 Å². The van der Waals surface area contributed by atoms with E-state index < -0.39 is 0 Å². The number of piperidine rings is 1. The molecule has 2 rings (SSSR count). The lowest BCUT2D eigenvalue weighted by atomic mass is 9.99. The second-order valence-corrected chi connectivity index (χ2v) is 5.83. The van der Waals surface area contributed by atoms with Gasteiger partial charge >= 0.3 is 0 Å². The summed E-state index contributed by atoms with van der Waals surface area (Å²) in [5.74, 6) is 0.793. The summed E-state index contributed by atoms with van der Waals surface area (Å²) in [5, 5.41) is 1.03. The highest BCUT2D eigenvalue weighted by Gasteiger charge is 2.18. The minimum Gasteiger partial charge on any atom is -0.339 e. The summed E-state index contributed by atoms with van der Waals surface area (Å²) in [6, 6.07) is 5.33. The van der Waals surface area contributed by atoms with Crippen LogP contribution in [-0.4, -0.2) is 23.9 Å². The van der Waals surface area contributed by atoms with Gasteiger partial charge in [0.05, 0.1) is 10.0 Å². The van der Waals surface area contributed by atoms with Gasteiger partial charge in [0, 0.05) is 19.2 Å². The predicted molar refractivity (Wildman–Crippen MR) is 80.5 cm³/mol. The summed E-state index contributed by atoms with van der Waals surface area (Å²) >= 11 is 11.8. The van der Waals surface area contributed by atoms with Crippen LogP contribution in [0.3, 0.4) is 0 Å². The van der Waals surface area contributed by atoms with Crippen molar-refractivity contribution in [2.45, 2.75) is 19.8 Å². The van der Waals surface area contributed by atoms with E-state index >= 15 is 0 Å². The number of halogens is 2. The molecule has 0 spiro atoms. The molecule has 1 aromatic carbocycles. The Morgan fingerprint density at radius 2 is 1.95 bits per heavy atom. The van der Waals surface area contributed by atoms with E-state index in [0.717, 1.165) is 37.4 Å². The standard InChI is InChI=1S/C15H17Cl2NO/c1-11-6-8-18(9-7-11)15(19)5-3-12-2-4-13(16)14(17)10-12/h2-5,10-11H,6-9H2,1H3. The van der Waals surface area contributed by atoms with Gasteiger partial charge in [0.15, 0.2) is 0 Å². The second-order valence-electron chi connectivity index (χ2n) is 5.01. The maximum atomic E-state index is 12.0. The summed E-state index contributed by atoms with van der Waals surface area (Å²) in [4.78, 5) is 13.9. The van der Waals surface area contributed by atoms with Crippen LogP contribution in [0.15, 0.2) is 24.3 Å². The Hall–Kier alpha value is -0.990. The Morgan fingerprint density at radius 1 is 1.26 bits per heavy atom. The van der Waals surface area contributed by atoms with Gasteiger partial charge in [0.1, 0.15) is 0 Å². The number of benzene rings is 1. The molecule has 0 atom stereocenters. The molecule has 1 aliphatic heterocycles. The van der Waals surface area contributed by atoms with Crippen LogP contribution in [0.1, 0.15) is 25.3 Å². The van der Waals surface area contributed by atoms with Crippen molar-refractivity contribution >= 4 is 35.2 Å². The number of carbonyl (C=O) groups is 1. The first-order chi connectivity index (χ1) is 9.06. The van der Waals surface area contributed by atoms with Crippen LogP contribution in [0.25, 0.3) is 6.08 Å². The number of hydrogen-bond donors (Lipinski definition) is 0. The number of likely N-dealkylation sites (tertiary alicyclic amines) is 1. The fourth-order valence-corrected chi connectivity index (χ4v) is 2.42. The zero-order valence-corrected chi connectivity index (χ0v) is 12.4. The maximum Gasteiger partial charge on any atom is 0.246 e. The number of rotatable bonds is 2. The molecule has 0 aliphatic carbocycles. The van der Waals surface area contributed by atoms with Gasteiger partial charge in [0.2, 0.25) is 5.91 Å². The van der Waals surface area contributed by atoms with Crippen LogP contribution in [-0.2, 0) is 4.79 Å². The lowest BCUT2D eigenvalue weighted by Gasteiger charge is -2.29. The lowest BCUT2D eigenvalue weighted by molar-refractivity contribution is -0.127. The van der Waals surface area contributed by atoms with Gasteiger partial charge in [-0.05, 0) is 42.5 Å². The molecule has 1 fully saturated rings. The van der Waals surface area contributed by atoms with Gasteiger partial charge in [-0.15, -0.1) is 0 Å². The van der Waals surface area contributed by atoms with Gasteiger partial charge in [-0.1, -0.05) is 36.2 Å². The van der Waals surface area contributed by atoms with Crippen molar-refractivity contribution in [2.24, 2.45) is 5.92 Å². The highest BCUT2D eigenvalue weighted by molar-refractivity contribution is 6.42. The van der Waals surface area contributed by atoms with Gasteiger partial charge in [-0.2, -0.15) is 0 Å². The third-order valence-corrected chi connectivity index (χ3v) is 4.20. The largest absolute Gasteiger partial charge is 0.339 e. The van der Waals surface area contributed by atoms with Crippen LogP contribution in [0, 0.1) is 5.92 Å². The zero-order valence-electron chi connectivity index (χ0n) is 10.9. The molecule has 1 saturated heterocycles. The van der Waals surface area contributed by atoms with E-state index in [1.807, 2.05) is 11.0 Å². The third kappa shape index (κ3) is 3.99. The number of hydrogen-bond acceptors (Lipinski definition) is 1. The highest BCUT2D eigenvalue weighted by atomic mass is 35.5. The van der Waals surface area contributed by atoms with Crippen molar-refractivity contribution in [1.82, 2.24) is 4.90 Å². The predicted octanol–water partition coefficient (Wildman–Crippen LogP) is 4.27. The third-order valence-electron chi connectivity index (χ3n) is 3.46. The molecular formula is C15H17Cl2NO. The van der Waals surface area contributed by atoms with Crippen LogP contribution in [0.4, 0.5) is 0 Å². The van der Waals surface area contributed by atoms with Crippen LogP contribution < -0.4 is 0 Å². The van der Waals surface area contributed by atoms with E-state index in [-0.39, 0.29) is 5.91 Å². The molecule has 0 saturated carbocycles. The Labute approximate surface area is 124 Å². The average molecular weight is 298 g/mol. The SMILES string of the molecule is CC1CCN(C(=O)C=Cc2ccc(Cl)c(Cl)c2)CC1. The van der Waals surface area contributed by atoms with Gasteiger partial charge in [0.25, 0.3) is 0 Å². The molecule has 0 radical (unpaired) electrons. The maximum absolute atomic E-state index is 12.0. The van der Waals surface area contributed by atoms with E-state index in [1.54, 1.807) is 24.3 Å². The quantitative estimate of drug-likeness (QED) is 0.747. The Bertz CT molecular complexity index is 491. The molecule has 102 valence electrons. The molecular weight excluding hydrogens is 281 g/mol. The summed E-state index contributed by atoms with van der Waals surface area (Å²) in [6.45, 7) is 3.94. The van der Waals surface area contributed by atoms with Crippen LogP contribution >= 0.6 is 23.2 Å². The Balaban J connectivity index is 1.98. The van der Waals surface area contributed by atoms with Crippen molar-refractivity contribution in [3.8, 4) is 0 Å². The first kappa shape index (κ1) is 14.4. The second kappa shape index (κ2) is 6.44. The summed E-state index contributed by atoms with van der Waals surface area (Å²) in [5.41, 5.74) is 0.883. The number of carbonyl (C=O) groups excluding carboxylic acids is 1. The first-order valence-corrected chi connectivity index (χ1v) is 7.24. The molecule has 0 N–H and O–H groups in total. The summed E-state index contributed by atoms with van der Waals surface area (Å²) in [6.07, 6.45) is 5.57. The Morgan fingerprint density at radius 3 is 2.58 bits per heavy atom. The van der Waals surface area contributed by atoms with Crippen molar-refractivity contribution < 1.29 is 4.79 Å². The minimum absolute atomic E-state index is 0.0676. The molecule has 0 bridgehead atoms. The number of amides is 1. The molecule has 19 heavy (non-hydrogen) atoms. The molecule has 2 nitrogen and oxygen atoms in total. The smallest absolute Gasteiger partial charge is 0.246 e. The number of nitrogens with zero attached hydrogens (tertiary/aromatic N) is 1.